The van der Waals surface area contributed by atoms with Crippen LogP contribution in [-0.4, -0.2) is 58.0 Å². The molecule has 7 heteroatoms. The summed E-state index contributed by atoms with van der Waals surface area (Å²) in [5.41, 5.74) is 1.86. The van der Waals surface area contributed by atoms with Crippen molar-refractivity contribution in [1.29, 1.82) is 0 Å². The number of thioether (sulfide) groups is 1. The molecule has 0 bridgehead atoms. The van der Waals surface area contributed by atoms with Crippen LogP contribution in [-0.2, 0) is 0 Å². The first-order valence-corrected chi connectivity index (χ1v) is 9.43. The molecule has 0 unspecified atom stereocenters. The maximum atomic E-state index is 13.4. The molecule has 130 valence electrons. The Labute approximate surface area is 150 Å². The maximum absolute atomic E-state index is 13.4. The second-order valence-electron chi connectivity index (χ2n) is 6.07. The molecular weight excluding hydrogens is 337 g/mol. The fourth-order valence-corrected chi connectivity index (χ4v) is 4.01. The fourth-order valence-electron chi connectivity index (χ4n) is 3.09. The lowest BCUT2D eigenvalue weighted by Crippen LogP contribution is -2.47. The molecule has 0 radical (unpaired) electrons. The molecule has 2 aromatic heterocycles. The van der Waals surface area contributed by atoms with E-state index in [1.54, 1.807) is 23.9 Å². The maximum Gasteiger partial charge on any atom is 0.195 e. The van der Waals surface area contributed by atoms with Gasteiger partial charge in [-0.15, -0.1) is 10.2 Å². The van der Waals surface area contributed by atoms with Gasteiger partial charge in [0.1, 0.15) is 5.82 Å². The third-order valence-electron chi connectivity index (χ3n) is 4.47. The largest absolute Gasteiger partial charge is 0.369 e. The fraction of sp³-hybridized carbons (Fsp3) is 0.333. The number of piperazine rings is 1. The summed E-state index contributed by atoms with van der Waals surface area (Å²) in [7, 11) is 0. The van der Waals surface area contributed by atoms with Crippen molar-refractivity contribution < 1.29 is 4.39 Å². The molecule has 25 heavy (non-hydrogen) atoms. The average Bonchev–Trinajstić information content (AvgIpc) is 3.06. The number of halogens is 1. The topological polar surface area (TPSA) is 36.7 Å². The van der Waals surface area contributed by atoms with E-state index in [9.17, 15) is 4.39 Å². The molecular formula is C18H20FN5S. The predicted molar refractivity (Wildman–Crippen MR) is 98.8 cm³/mol. The van der Waals surface area contributed by atoms with Crippen molar-refractivity contribution in [3.8, 4) is 0 Å². The Hall–Kier alpha value is -2.12. The average molecular weight is 357 g/mol. The zero-order valence-electron chi connectivity index (χ0n) is 13.9. The highest BCUT2D eigenvalue weighted by molar-refractivity contribution is 7.99. The van der Waals surface area contributed by atoms with Crippen LogP contribution in [0.1, 0.15) is 0 Å². The monoisotopic (exact) mass is 357 g/mol. The SMILES string of the molecule is Fc1cccc(N2CCN(CCSc3nnc4ccccn34)CC2)c1. The first-order valence-electron chi connectivity index (χ1n) is 8.45. The Morgan fingerprint density at radius 2 is 1.88 bits per heavy atom. The van der Waals surface area contributed by atoms with E-state index in [1.807, 2.05) is 34.9 Å². The second-order valence-corrected chi connectivity index (χ2v) is 7.13. The van der Waals surface area contributed by atoms with E-state index >= 15 is 0 Å². The van der Waals surface area contributed by atoms with Crippen molar-refractivity contribution in [3.63, 3.8) is 0 Å². The molecule has 3 aromatic rings. The number of fused-ring (bicyclic) bond motifs is 1. The highest BCUT2D eigenvalue weighted by Crippen LogP contribution is 2.19. The normalized spacial score (nSPS) is 15.8. The molecule has 0 aliphatic carbocycles. The molecule has 1 fully saturated rings. The summed E-state index contributed by atoms with van der Waals surface area (Å²) in [5.74, 6) is 0.812. The van der Waals surface area contributed by atoms with Crippen molar-refractivity contribution >= 4 is 23.1 Å². The van der Waals surface area contributed by atoms with Crippen LogP contribution in [0, 0.1) is 5.82 Å². The summed E-state index contributed by atoms with van der Waals surface area (Å²) < 4.78 is 15.4. The van der Waals surface area contributed by atoms with Crippen LogP contribution < -0.4 is 4.90 Å². The lowest BCUT2D eigenvalue weighted by Gasteiger charge is -2.36. The van der Waals surface area contributed by atoms with Gasteiger partial charge in [-0.2, -0.15) is 0 Å². The molecule has 0 amide bonds. The highest BCUT2D eigenvalue weighted by atomic mass is 32.2. The van der Waals surface area contributed by atoms with E-state index in [-0.39, 0.29) is 5.82 Å². The van der Waals surface area contributed by atoms with Gasteiger partial charge < -0.3 is 4.90 Å². The molecule has 1 aromatic carbocycles. The summed E-state index contributed by atoms with van der Waals surface area (Å²) in [6.45, 7) is 4.88. The van der Waals surface area contributed by atoms with Crippen LogP contribution >= 0.6 is 11.8 Å². The summed E-state index contributed by atoms with van der Waals surface area (Å²) in [6.07, 6.45) is 2.00. The van der Waals surface area contributed by atoms with Gasteiger partial charge in [0.25, 0.3) is 0 Å². The minimum Gasteiger partial charge on any atom is -0.369 e. The quantitative estimate of drug-likeness (QED) is 0.657. The molecule has 1 saturated heterocycles. The van der Waals surface area contributed by atoms with Crippen LogP contribution in [0.2, 0.25) is 0 Å². The lowest BCUT2D eigenvalue weighted by atomic mass is 10.2. The number of hydrogen-bond donors (Lipinski definition) is 0. The van der Waals surface area contributed by atoms with Gasteiger partial charge in [-0.25, -0.2) is 4.39 Å². The molecule has 5 nitrogen and oxygen atoms in total. The van der Waals surface area contributed by atoms with Crippen molar-refractivity contribution in [2.75, 3.05) is 43.4 Å². The lowest BCUT2D eigenvalue weighted by molar-refractivity contribution is 0.273. The number of rotatable bonds is 5. The van der Waals surface area contributed by atoms with Gasteiger partial charge in [-0.3, -0.25) is 9.30 Å². The third-order valence-corrected chi connectivity index (χ3v) is 5.39. The first kappa shape index (κ1) is 16.4. The van der Waals surface area contributed by atoms with Gasteiger partial charge in [0.15, 0.2) is 10.8 Å². The first-order chi connectivity index (χ1) is 12.3. The van der Waals surface area contributed by atoms with Gasteiger partial charge in [0.05, 0.1) is 0 Å². The number of anilines is 1. The Bertz CT molecular complexity index is 844. The Morgan fingerprint density at radius 3 is 2.72 bits per heavy atom. The van der Waals surface area contributed by atoms with Crippen LogP contribution in [0.25, 0.3) is 5.65 Å². The van der Waals surface area contributed by atoms with Gasteiger partial charge in [-0.1, -0.05) is 23.9 Å². The number of pyridine rings is 1. The molecule has 0 spiro atoms. The number of aromatic nitrogens is 3. The smallest absolute Gasteiger partial charge is 0.195 e. The zero-order valence-corrected chi connectivity index (χ0v) is 14.7. The standard InChI is InChI=1S/C18H20FN5S/c19-15-4-3-5-16(14-15)23-10-8-22(9-11-23)12-13-25-18-21-20-17-6-1-2-7-24(17)18/h1-7,14H,8-13H2. The minimum atomic E-state index is -0.170. The van der Waals surface area contributed by atoms with E-state index in [0.717, 1.165) is 55.0 Å². The van der Waals surface area contributed by atoms with E-state index in [2.05, 4.69) is 20.0 Å². The minimum absolute atomic E-state index is 0.170. The Kier molecular flexibility index (Phi) is 4.85. The molecule has 4 rings (SSSR count). The van der Waals surface area contributed by atoms with Gasteiger partial charge in [-0.05, 0) is 30.3 Å². The predicted octanol–water partition coefficient (Wildman–Crippen LogP) is 2.78. The zero-order chi connectivity index (χ0) is 17.1. The van der Waals surface area contributed by atoms with Crippen molar-refractivity contribution in [3.05, 3.63) is 54.5 Å². The van der Waals surface area contributed by atoms with E-state index in [0.29, 0.717) is 0 Å². The number of benzene rings is 1. The highest BCUT2D eigenvalue weighted by Gasteiger charge is 2.17. The van der Waals surface area contributed by atoms with Crippen molar-refractivity contribution in [2.24, 2.45) is 0 Å². The molecule has 0 N–H and O–H groups in total. The van der Waals surface area contributed by atoms with E-state index in [1.165, 1.54) is 6.07 Å². The van der Waals surface area contributed by atoms with Crippen molar-refractivity contribution in [1.82, 2.24) is 19.5 Å². The van der Waals surface area contributed by atoms with Crippen molar-refractivity contribution in [2.45, 2.75) is 5.16 Å². The second kappa shape index (κ2) is 7.41. The molecule has 0 saturated carbocycles. The number of hydrogen-bond acceptors (Lipinski definition) is 5. The van der Waals surface area contributed by atoms with Gasteiger partial charge in [0.2, 0.25) is 0 Å². The third kappa shape index (κ3) is 3.77. The van der Waals surface area contributed by atoms with E-state index in [4.69, 9.17) is 0 Å². The Morgan fingerprint density at radius 1 is 1.00 bits per heavy atom. The summed E-state index contributed by atoms with van der Waals surface area (Å²) in [6, 6.07) is 12.8. The van der Waals surface area contributed by atoms with Crippen LogP contribution in [0.3, 0.4) is 0 Å². The van der Waals surface area contributed by atoms with Crippen LogP contribution in [0.4, 0.5) is 10.1 Å². The van der Waals surface area contributed by atoms with Gasteiger partial charge in [0, 0.05) is 50.4 Å². The summed E-state index contributed by atoms with van der Waals surface area (Å²) in [5, 5.41) is 9.37. The van der Waals surface area contributed by atoms with Crippen LogP contribution in [0.15, 0.2) is 53.8 Å². The molecule has 1 aliphatic rings. The van der Waals surface area contributed by atoms with Gasteiger partial charge >= 0.3 is 0 Å². The summed E-state index contributed by atoms with van der Waals surface area (Å²) >= 11 is 1.73. The van der Waals surface area contributed by atoms with Crippen LogP contribution in [0.5, 0.6) is 0 Å². The molecule has 1 aliphatic heterocycles. The van der Waals surface area contributed by atoms with E-state index < -0.39 is 0 Å². The Balaban J connectivity index is 1.26. The molecule has 0 atom stereocenters. The summed E-state index contributed by atoms with van der Waals surface area (Å²) in [4.78, 5) is 4.70. The number of nitrogens with zero attached hydrogens (tertiary/aromatic N) is 5. The molecule has 3 heterocycles.